The molecule has 35 heavy (non-hydrogen) atoms. The lowest BCUT2D eigenvalue weighted by molar-refractivity contribution is 0.0541. The highest BCUT2D eigenvalue weighted by atomic mass is 35.5. The Kier molecular flexibility index (Phi) is 9.10. The Balaban J connectivity index is 0.000000327. The van der Waals surface area contributed by atoms with E-state index in [4.69, 9.17) is 16.3 Å². The van der Waals surface area contributed by atoms with Gasteiger partial charge < -0.3 is 10.1 Å². The highest BCUT2D eigenvalue weighted by Gasteiger charge is 2.25. The summed E-state index contributed by atoms with van der Waals surface area (Å²) in [5.41, 5.74) is 2.78. The Labute approximate surface area is 212 Å². The molecular weight excluding hydrogens is 462 g/mol. The third-order valence-corrected chi connectivity index (χ3v) is 6.10. The van der Waals surface area contributed by atoms with E-state index in [0.29, 0.717) is 5.92 Å². The number of carbonyl (C=O) groups excluding carboxylic acids is 1. The zero-order valence-electron chi connectivity index (χ0n) is 20.8. The second-order valence-electron chi connectivity index (χ2n) is 9.68. The predicted molar refractivity (Wildman–Crippen MR) is 141 cm³/mol. The topological polar surface area (TPSA) is 73.2 Å². The molecule has 1 aliphatic rings. The first-order valence-corrected chi connectivity index (χ1v) is 12.4. The minimum atomic E-state index is -0.389. The summed E-state index contributed by atoms with van der Waals surface area (Å²) in [6.45, 7) is 5.46. The fraction of sp³-hybridized carbons (Fsp3) is 0.393. The summed E-state index contributed by atoms with van der Waals surface area (Å²) in [7, 11) is 1.54. The van der Waals surface area contributed by atoms with Gasteiger partial charge in [0.1, 0.15) is 5.60 Å². The van der Waals surface area contributed by atoms with Gasteiger partial charge in [0, 0.05) is 23.7 Å². The molecule has 0 bridgehead atoms. The van der Waals surface area contributed by atoms with E-state index in [0.717, 1.165) is 42.0 Å². The van der Waals surface area contributed by atoms with Crippen LogP contribution < -0.4 is 10.9 Å². The van der Waals surface area contributed by atoms with Crippen molar-refractivity contribution in [2.75, 3.05) is 7.05 Å². The number of ether oxygens (including phenoxy) is 1. The third kappa shape index (κ3) is 7.96. The van der Waals surface area contributed by atoms with E-state index in [1.165, 1.54) is 12.6 Å². The van der Waals surface area contributed by atoms with Crippen molar-refractivity contribution < 1.29 is 9.53 Å². The molecule has 1 aromatic heterocycles. The quantitative estimate of drug-likeness (QED) is 0.444. The number of nitrogens with one attached hydrogen (secondary N) is 1. The Hall–Kier alpha value is -3.12. The van der Waals surface area contributed by atoms with Gasteiger partial charge in [0.05, 0.1) is 11.7 Å². The number of rotatable bonds is 3. The van der Waals surface area contributed by atoms with Gasteiger partial charge in [0.15, 0.2) is 0 Å². The summed E-state index contributed by atoms with van der Waals surface area (Å²) in [5, 5.41) is 7.81. The third-order valence-electron chi connectivity index (χ3n) is 5.86. The second-order valence-corrected chi connectivity index (χ2v) is 10.1. The van der Waals surface area contributed by atoms with E-state index in [1.807, 2.05) is 69.3 Å². The molecule has 3 aromatic rings. The smallest absolute Gasteiger partial charge is 0.407 e. The summed E-state index contributed by atoms with van der Waals surface area (Å²) < 4.78 is 6.53. The maximum absolute atomic E-state index is 12.4. The SMILES string of the molecule is CNC(=O)OC(C)(C)C.O=c1ccc(-c2ccccc2)nn1C1CCC(c2cccc(Cl)c2)CC1. The molecule has 1 fully saturated rings. The van der Waals surface area contributed by atoms with E-state index >= 15 is 0 Å². The van der Waals surface area contributed by atoms with Gasteiger partial charge in [-0.1, -0.05) is 54.1 Å². The number of amides is 1. The van der Waals surface area contributed by atoms with Gasteiger partial charge >= 0.3 is 6.09 Å². The average molecular weight is 496 g/mol. The molecule has 0 radical (unpaired) electrons. The molecule has 1 N–H and O–H groups in total. The van der Waals surface area contributed by atoms with Gasteiger partial charge in [-0.15, -0.1) is 0 Å². The van der Waals surface area contributed by atoms with Crippen LogP contribution in [-0.4, -0.2) is 28.5 Å². The number of hydrogen-bond donors (Lipinski definition) is 1. The molecule has 6 nitrogen and oxygen atoms in total. The van der Waals surface area contributed by atoms with Crippen LogP contribution in [0, 0.1) is 0 Å². The van der Waals surface area contributed by atoms with Crippen molar-refractivity contribution in [3.05, 3.63) is 87.7 Å². The first-order valence-electron chi connectivity index (χ1n) is 12.0. The number of alkyl carbamates (subject to hydrolysis) is 1. The molecule has 1 amide bonds. The van der Waals surface area contributed by atoms with Crippen LogP contribution in [0.15, 0.2) is 71.5 Å². The normalized spacial score (nSPS) is 17.6. The molecule has 4 rings (SSSR count). The molecule has 1 aliphatic carbocycles. The molecule has 2 aromatic carbocycles. The molecule has 0 saturated heterocycles. The summed E-state index contributed by atoms with van der Waals surface area (Å²) in [4.78, 5) is 22.9. The van der Waals surface area contributed by atoms with Crippen LogP contribution in [0.2, 0.25) is 5.02 Å². The number of halogens is 1. The zero-order chi connectivity index (χ0) is 25.4. The van der Waals surface area contributed by atoms with E-state index < -0.39 is 0 Å². The highest BCUT2D eigenvalue weighted by molar-refractivity contribution is 6.30. The number of aromatic nitrogens is 2. The lowest BCUT2D eigenvalue weighted by Gasteiger charge is -2.29. The number of nitrogens with zero attached hydrogens (tertiary/aromatic N) is 2. The fourth-order valence-corrected chi connectivity index (χ4v) is 4.39. The maximum Gasteiger partial charge on any atom is 0.407 e. The summed E-state index contributed by atoms with van der Waals surface area (Å²) in [6.07, 6.45) is 3.64. The monoisotopic (exact) mass is 495 g/mol. The first kappa shape index (κ1) is 26.5. The number of benzene rings is 2. The van der Waals surface area contributed by atoms with Gasteiger partial charge in [0.2, 0.25) is 0 Å². The van der Waals surface area contributed by atoms with Crippen LogP contribution in [-0.2, 0) is 4.74 Å². The van der Waals surface area contributed by atoms with E-state index in [-0.39, 0.29) is 23.3 Å². The molecule has 186 valence electrons. The Morgan fingerprint density at radius 3 is 2.26 bits per heavy atom. The molecule has 1 heterocycles. The first-order chi connectivity index (χ1) is 16.7. The van der Waals surface area contributed by atoms with Crippen LogP contribution in [0.5, 0.6) is 0 Å². The van der Waals surface area contributed by atoms with Crippen LogP contribution in [0.1, 0.15) is 64.0 Å². The molecule has 0 aliphatic heterocycles. The Morgan fingerprint density at radius 2 is 1.69 bits per heavy atom. The minimum Gasteiger partial charge on any atom is -0.444 e. The lowest BCUT2D eigenvalue weighted by atomic mass is 9.82. The summed E-state index contributed by atoms with van der Waals surface area (Å²) >= 11 is 6.13. The predicted octanol–water partition coefficient (Wildman–Crippen LogP) is 6.60. The Bertz CT molecular complexity index is 1160. The van der Waals surface area contributed by atoms with E-state index in [1.54, 1.807) is 10.7 Å². The molecule has 7 heteroatoms. The van der Waals surface area contributed by atoms with Gasteiger partial charge in [-0.3, -0.25) is 4.79 Å². The van der Waals surface area contributed by atoms with Crippen LogP contribution in [0.4, 0.5) is 4.79 Å². The zero-order valence-corrected chi connectivity index (χ0v) is 21.6. The van der Waals surface area contributed by atoms with Crippen molar-refractivity contribution >= 4 is 17.7 Å². The van der Waals surface area contributed by atoms with Crippen molar-refractivity contribution in [2.45, 2.75) is 64.0 Å². The van der Waals surface area contributed by atoms with Crippen LogP contribution >= 0.6 is 11.6 Å². The largest absolute Gasteiger partial charge is 0.444 e. The van der Waals surface area contributed by atoms with Crippen molar-refractivity contribution in [1.82, 2.24) is 15.1 Å². The van der Waals surface area contributed by atoms with Crippen molar-refractivity contribution in [3.8, 4) is 11.3 Å². The van der Waals surface area contributed by atoms with E-state index in [2.05, 4.69) is 22.5 Å². The molecule has 0 unspecified atom stereocenters. The van der Waals surface area contributed by atoms with Crippen LogP contribution in [0.3, 0.4) is 0 Å². The van der Waals surface area contributed by atoms with Crippen molar-refractivity contribution in [3.63, 3.8) is 0 Å². The lowest BCUT2D eigenvalue weighted by Crippen LogP contribution is -2.30. The molecule has 0 atom stereocenters. The number of carbonyl (C=O) groups is 1. The molecule has 1 saturated carbocycles. The maximum atomic E-state index is 12.4. The Morgan fingerprint density at radius 1 is 1.00 bits per heavy atom. The molecular formula is C28H34ClN3O3. The van der Waals surface area contributed by atoms with Crippen LogP contribution in [0.25, 0.3) is 11.3 Å². The summed E-state index contributed by atoms with van der Waals surface area (Å²) in [5.74, 6) is 0.512. The molecule has 0 spiro atoms. The average Bonchev–Trinajstić information content (AvgIpc) is 2.84. The van der Waals surface area contributed by atoms with Gasteiger partial charge in [0.25, 0.3) is 5.56 Å². The van der Waals surface area contributed by atoms with Gasteiger partial charge in [-0.25, -0.2) is 9.48 Å². The summed E-state index contributed by atoms with van der Waals surface area (Å²) in [6, 6.07) is 21.8. The standard InChI is InChI=1S/C22H21ClN2O.C6H13NO2/c23-19-8-4-7-18(15-19)16-9-11-20(12-10-16)25-22(26)14-13-21(24-25)17-5-2-1-3-6-17;1-6(2,3)9-5(8)7-4/h1-8,13-16,20H,9-12H2;1-4H3,(H,7,8). The van der Waals surface area contributed by atoms with E-state index in [9.17, 15) is 9.59 Å². The van der Waals surface area contributed by atoms with Crippen molar-refractivity contribution in [1.29, 1.82) is 0 Å². The van der Waals surface area contributed by atoms with Crippen molar-refractivity contribution in [2.24, 2.45) is 0 Å². The highest BCUT2D eigenvalue weighted by Crippen LogP contribution is 2.38. The van der Waals surface area contributed by atoms with Gasteiger partial charge in [-0.05, 0) is 76.1 Å². The fourth-order valence-electron chi connectivity index (χ4n) is 4.19. The second kappa shape index (κ2) is 12.0. The van der Waals surface area contributed by atoms with Gasteiger partial charge in [-0.2, -0.15) is 5.10 Å². The minimum absolute atomic E-state index is 0.0177. The number of hydrogen-bond acceptors (Lipinski definition) is 4.